The van der Waals surface area contributed by atoms with Gasteiger partial charge >= 0.3 is 0 Å². The van der Waals surface area contributed by atoms with Gasteiger partial charge in [0, 0.05) is 27.8 Å². The lowest BCUT2D eigenvalue weighted by atomic mass is 9.86. The van der Waals surface area contributed by atoms with Crippen LogP contribution in [0.25, 0.3) is 33.4 Å². The fraction of sp³-hybridized carbons (Fsp3) is 0. The topological polar surface area (TPSA) is 80.9 Å². The zero-order valence-corrected chi connectivity index (χ0v) is 14.9. The normalized spacial score (nSPS) is 10.7. The van der Waals surface area contributed by atoms with Gasteiger partial charge in [-0.2, -0.15) is 0 Å². The first kappa shape index (κ1) is 17.5. The third-order valence-corrected chi connectivity index (χ3v) is 4.72. The van der Waals surface area contributed by atoms with Crippen LogP contribution in [-0.2, 0) is 0 Å². The molecule has 0 radical (unpaired) electrons. The molecule has 0 heterocycles. The van der Waals surface area contributed by atoms with Crippen molar-refractivity contribution in [3.63, 3.8) is 0 Å². The summed E-state index contributed by atoms with van der Waals surface area (Å²) in [7, 11) is 0. The average Bonchev–Trinajstić information content (AvgIpc) is 2.70. The molecule has 0 bridgehead atoms. The molecule has 0 saturated heterocycles. The number of phenolic OH excluding ortho intramolecular Hbond substituents is 4. The fourth-order valence-electron chi connectivity index (χ4n) is 3.44. The first-order valence-corrected chi connectivity index (χ1v) is 8.79. The summed E-state index contributed by atoms with van der Waals surface area (Å²) in [4.78, 5) is 0. The molecule has 4 aromatic carbocycles. The predicted molar refractivity (Wildman–Crippen MR) is 109 cm³/mol. The molecule has 138 valence electrons. The molecule has 0 amide bonds. The predicted octanol–water partition coefficient (Wildman–Crippen LogP) is 5.51. The van der Waals surface area contributed by atoms with Crippen LogP contribution in [-0.4, -0.2) is 20.4 Å². The molecular formula is C24H18O4. The van der Waals surface area contributed by atoms with Crippen LogP contribution in [0.3, 0.4) is 0 Å². The van der Waals surface area contributed by atoms with E-state index in [1.807, 2.05) is 0 Å². The van der Waals surface area contributed by atoms with Crippen molar-refractivity contribution in [2.45, 2.75) is 0 Å². The zero-order valence-electron chi connectivity index (χ0n) is 14.9. The number of hydrogen-bond donors (Lipinski definition) is 4. The summed E-state index contributed by atoms with van der Waals surface area (Å²) in [6.45, 7) is 0. The minimum Gasteiger partial charge on any atom is -0.507 e. The molecule has 0 aliphatic rings. The summed E-state index contributed by atoms with van der Waals surface area (Å²) in [6, 6.07) is 23.6. The molecule has 28 heavy (non-hydrogen) atoms. The van der Waals surface area contributed by atoms with E-state index in [9.17, 15) is 20.4 Å². The molecule has 0 fully saturated rings. The van der Waals surface area contributed by atoms with Crippen molar-refractivity contribution in [1.82, 2.24) is 0 Å². The highest BCUT2D eigenvalue weighted by Crippen LogP contribution is 2.50. The summed E-state index contributed by atoms with van der Waals surface area (Å²) >= 11 is 0. The van der Waals surface area contributed by atoms with Crippen molar-refractivity contribution in [3.05, 3.63) is 84.9 Å². The van der Waals surface area contributed by atoms with E-state index in [4.69, 9.17) is 0 Å². The van der Waals surface area contributed by atoms with E-state index in [-0.39, 0.29) is 23.0 Å². The highest BCUT2D eigenvalue weighted by atomic mass is 16.3. The maximum absolute atomic E-state index is 10.7. The monoisotopic (exact) mass is 370 g/mol. The molecule has 0 saturated carbocycles. The smallest absolute Gasteiger partial charge is 0.124 e. The number of rotatable bonds is 3. The highest BCUT2D eigenvalue weighted by molar-refractivity contribution is 6.00. The van der Waals surface area contributed by atoms with Crippen LogP contribution in [0.15, 0.2) is 84.9 Å². The second-order valence-corrected chi connectivity index (χ2v) is 6.43. The van der Waals surface area contributed by atoms with Gasteiger partial charge in [0.05, 0.1) is 0 Å². The van der Waals surface area contributed by atoms with Crippen molar-refractivity contribution in [3.8, 4) is 56.4 Å². The van der Waals surface area contributed by atoms with E-state index in [2.05, 4.69) is 0 Å². The Labute approximate surface area is 162 Å². The van der Waals surface area contributed by atoms with Crippen molar-refractivity contribution in [2.75, 3.05) is 0 Å². The molecule has 4 heteroatoms. The summed E-state index contributed by atoms with van der Waals surface area (Å²) < 4.78 is 0. The van der Waals surface area contributed by atoms with E-state index >= 15 is 0 Å². The minimum atomic E-state index is -0.0427. The third kappa shape index (κ3) is 2.91. The van der Waals surface area contributed by atoms with Gasteiger partial charge in [0.1, 0.15) is 23.0 Å². The lowest BCUT2D eigenvalue weighted by Gasteiger charge is -2.19. The Morgan fingerprint density at radius 3 is 1.25 bits per heavy atom. The second-order valence-electron chi connectivity index (χ2n) is 6.43. The molecule has 4 nitrogen and oxygen atoms in total. The van der Waals surface area contributed by atoms with Crippen LogP contribution in [0.1, 0.15) is 0 Å². The van der Waals surface area contributed by atoms with Crippen molar-refractivity contribution < 1.29 is 20.4 Å². The van der Waals surface area contributed by atoms with Gasteiger partial charge in [-0.05, 0) is 35.9 Å². The Hall–Kier alpha value is -3.92. The largest absolute Gasteiger partial charge is 0.507 e. The van der Waals surface area contributed by atoms with Crippen molar-refractivity contribution in [1.29, 1.82) is 0 Å². The van der Waals surface area contributed by atoms with E-state index < -0.39 is 0 Å². The number of para-hydroxylation sites is 3. The summed E-state index contributed by atoms with van der Waals surface area (Å²) in [6.07, 6.45) is 0. The molecule has 0 unspecified atom stereocenters. The number of hydrogen-bond acceptors (Lipinski definition) is 4. The van der Waals surface area contributed by atoms with Crippen LogP contribution in [0.2, 0.25) is 0 Å². The Morgan fingerprint density at radius 1 is 0.321 bits per heavy atom. The fourth-order valence-corrected chi connectivity index (χ4v) is 3.44. The Balaban J connectivity index is 2.16. The number of benzene rings is 4. The van der Waals surface area contributed by atoms with E-state index in [0.717, 1.165) is 0 Å². The molecule has 0 aromatic heterocycles. The maximum atomic E-state index is 10.7. The van der Waals surface area contributed by atoms with Gasteiger partial charge in [-0.3, -0.25) is 0 Å². The average molecular weight is 370 g/mol. The van der Waals surface area contributed by atoms with E-state index in [0.29, 0.717) is 33.4 Å². The van der Waals surface area contributed by atoms with Gasteiger partial charge in [-0.25, -0.2) is 0 Å². The van der Waals surface area contributed by atoms with Gasteiger partial charge < -0.3 is 20.4 Å². The zero-order chi connectivity index (χ0) is 19.7. The van der Waals surface area contributed by atoms with Gasteiger partial charge in [-0.15, -0.1) is 0 Å². The first-order valence-electron chi connectivity index (χ1n) is 8.79. The van der Waals surface area contributed by atoms with Crippen LogP contribution < -0.4 is 0 Å². The van der Waals surface area contributed by atoms with Gasteiger partial charge in [-0.1, -0.05) is 54.6 Å². The van der Waals surface area contributed by atoms with Crippen LogP contribution >= 0.6 is 0 Å². The van der Waals surface area contributed by atoms with Crippen LogP contribution in [0.4, 0.5) is 0 Å². The van der Waals surface area contributed by atoms with Gasteiger partial charge in [0.25, 0.3) is 0 Å². The quantitative estimate of drug-likeness (QED) is 0.383. The third-order valence-electron chi connectivity index (χ3n) is 4.72. The molecule has 0 aliphatic heterocycles. The van der Waals surface area contributed by atoms with Gasteiger partial charge in [0.15, 0.2) is 0 Å². The first-order chi connectivity index (χ1) is 13.6. The Kier molecular flexibility index (Phi) is 4.38. The summed E-state index contributed by atoms with van der Waals surface area (Å²) in [5.41, 5.74) is 2.97. The van der Waals surface area contributed by atoms with E-state index in [1.54, 1.807) is 72.8 Å². The maximum Gasteiger partial charge on any atom is 0.124 e. The molecule has 0 aliphatic carbocycles. The molecule has 0 spiro atoms. The lowest BCUT2D eigenvalue weighted by Crippen LogP contribution is -1.92. The Bertz CT molecular complexity index is 1160. The highest BCUT2D eigenvalue weighted by Gasteiger charge is 2.22. The van der Waals surface area contributed by atoms with Gasteiger partial charge in [0.2, 0.25) is 0 Å². The summed E-state index contributed by atoms with van der Waals surface area (Å²) in [5.74, 6) is 0.0670. The second kappa shape index (κ2) is 7.00. The Morgan fingerprint density at radius 2 is 0.750 bits per heavy atom. The lowest BCUT2D eigenvalue weighted by molar-refractivity contribution is 0.468. The molecule has 4 aromatic rings. The SMILES string of the molecule is Oc1ccccc1-c1ccc(O)c(-c2ccccc2O)c1-c1ccccc1O. The number of aromatic hydroxyl groups is 4. The van der Waals surface area contributed by atoms with E-state index in [1.165, 1.54) is 12.1 Å². The molecule has 4 N–H and O–H groups in total. The molecule has 4 rings (SSSR count). The summed E-state index contributed by atoms with van der Waals surface area (Å²) in [5, 5.41) is 42.1. The number of phenols is 4. The van der Waals surface area contributed by atoms with Crippen LogP contribution in [0.5, 0.6) is 23.0 Å². The van der Waals surface area contributed by atoms with Crippen LogP contribution in [0, 0.1) is 0 Å². The molecular weight excluding hydrogens is 352 g/mol. The van der Waals surface area contributed by atoms with Crippen molar-refractivity contribution in [2.24, 2.45) is 0 Å². The molecule has 0 atom stereocenters. The standard InChI is InChI=1S/C24H18O4/c25-19-10-4-1-7-15(19)16-13-14-22(28)24(18-9-3-6-12-21(18)27)23(16)17-8-2-5-11-20(17)26/h1-14,25-28H. The minimum absolute atomic E-state index is 0.00362. The van der Waals surface area contributed by atoms with Crippen molar-refractivity contribution >= 4 is 0 Å².